The number of nitrogens with one attached hydrogen (secondary N) is 1. The monoisotopic (exact) mass is 746 g/mol. The standard InChI is InChI=1S/C27H18ClF3N4O12S2/c28-15-4-8(34-46)3-12(20(33)37)17(15)35(47)26(24(44)45)2-1-25(49-26,23(42)43)13-7-14(27(29,30)31)9(5-11(13)19(32)36)10-6-16(21(38)39)48-18(10)22(40)41/h1-7,34,46-47H,(H2,32,36)(H2,33,37)(H,38,39)(H,40,41)(H,42,43)(H,44,45). The van der Waals surface area contributed by atoms with E-state index in [1.807, 2.05) is 0 Å². The maximum absolute atomic E-state index is 14.6. The SMILES string of the molecule is NC(=O)c1cc(-c2cc(C(=O)O)sc2C(=O)O)c(C(F)(F)F)cc1C1(C(=O)O)C=CC(C(=O)O)(N(O)c2c(Cl)cc(NO)cc2C(N)=O)S1. The van der Waals surface area contributed by atoms with E-state index in [4.69, 9.17) is 23.1 Å². The van der Waals surface area contributed by atoms with Crippen molar-refractivity contribution in [2.24, 2.45) is 11.5 Å². The van der Waals surface area contributed by atoms with Gasteiger partial charge in [-0.2, -0.15) is 13.2 Å². The number of rotatable bonds is 11. The van der Waals surface area contributed by atoms with E-state index in [0.29, 0.717) is 24.3 Å². The van der Waals surface area contributed by atoms with Gasteiger partial charge in [-0.1, -0.05) is 29.4 Å². The molecule has 0 saturated carbocycles. The summed E-state index contributed by atoms with van der Waals surface area (Å²) < 4.78 is 40.9. The van der Waals surface area contributed by atoms with Crippen molar-refractivity contribution in [2.45, 2.75) is 15.8 Å². The molecule has 4 rings (SSSR count). The van der Waals surface area contributed by atoms with E-state index in [0.717, 1.165) is 12.1 Å². The van der Waals surface area contributed by atoms with Gasteiger partial charge >= 0.3 is 30.1 Å². The third-order valence-corrected chi connectivity index (χ3v) is 10.1. The van der Waals surface area contributed by atoms with Gasteiger partial charge in [-0.25, -0.2) is 24.2 Å². The Morgan fingerprint density at radius 1 is 0.837 bits per heavy atom. The second-order valence-corrected chi connectivity index (χ2v) is 12.8. The van der Waals surface area contributed by atoms with Crippen molar-refractivity contribution < 1.29 is 72.8 Å². The number of primary amides is 2. The quantitative estimate of drug-likeness (QED) is 0.0997. The zero-order valence-corrected chi connectivity index (χ0v) is 26.0. The summed E-state index contributed by atoms with van der Waals surface area (Å²) in [5.74, 6) is -10.6. The van der Waals surface area contributed by atoms with Crippen LogP contribution in [0.15, 0.2) is 42.5 Å². The smallest absolute Gasteiger partial charge is 0.417 e. The van der Waals surface area contributed by atoms with Crippen LogP contribution in [0.2, 0.25) is 5.02 Å². The number of aromatic carboxylic acids is 2. The Morgan fingerprint density at radius 2 is 1.45 bits per heavy atom. The number of hydrogen-bond donors (Lipinski definition) is 9. The van der Waals surface area contributed by atoms with Crippen LogP contribution in [0, 0.1) is 0 Å². The molecule has 11 N–H and O–H groups in total. The lowest BCUT2D eigenvalue weighted by atomic mass is 9.86. The number of nitrogens with zero attached hydrogens (tertiary/aromatic N) is 1. The molecule has 2 heterocycles. The Balaban J connectivity index is 2.05. The molecule has 16 nitrogen and oxygen atoms in total. The molecule has 3 aromatic rings. The number of alkyl halides is 3. The maximum atomic E-state index is 14.6. The van der Waals surface area contributed by atoms with E-state index >= 15 is 0 Å². The van der Waals surface area contributed by atoms with Crippen LogP contribution in [0.1, 0.15) is 51.2 Å². The van der Waals surface area contributed by atoms with E-state index in [-0.39, 0.29) is 39.9 Å². The van der Waals surface area contributed by atoms with Gasteiger partial charge in [0.25, 0.3) is 5.91 Å². The highest BCUT2D eigenvalue weighted by Gasteiger charge is 2.60. The Kier molecular flexibility index (Phi) is 9.38. The predicted octanol–water partition coefficient (Wildman–Crippen LogP) is 3.74. The fourth-order valence-corrected chi connectivity index (χ4v) is 7.44. The summed E-state index contributed by atoms with van der Waals surface area (Å²) in [6.07, 6.45) is -4.41. The Bertz CT molecular complexity index is 2020. The first kappa shape index (κ1) is 36.5. The highest BCUT2D eigenvalue weighted by molar-refractivity contribution is 8.03. The molecule has 22 heteroatoms. The summed E-state index contributed by atoms with van der Waals surface area (Å²) in [6, 6.07) is 2.80. The van der Waals surface area contributed by atoms with Crippen molar-refractivity contribution in [1.82, 2.24) is 0 Å². The number of hydroxylamine groups is 1. The molecule has 0 fully saturated rings. The fraction of sp³-hybridized carbons (Fsp3) is 0.111. The molecule has 1 aliphatic heterocycles. The minimum atomic E-state index is -5.45. The van der Waals surface area contributed by atoms with Crippen LogP contribution in [-0.2, 0) is 20.5 Å². The minimum Gasteiger partial charge on any atom is -0.480 e. The van der Waals surface area contributed by atoms with Gasteiger partial charge in [-0.3, -0.25) is 25.5 Å². The van der Waals surface area contributed by atoms with Gasteiger partial charge in [-0.15, -0.1) is 11.3 Å². The predicted molar refractivity (Wildman–Crippen MR) is 163 cm³/mol. The molecular weight excluding hydrogens is 729 g/mol. The van der Waals surface area contributed by atoms with Gasteiger partial charge in [0.15, 0.2) is 4.75 Å². The van der Waals surface area contributed by atoms with Crippen LogP contribution in [0.3, 0.4) is 0 Å². The van der Waals surface area contributed by atoms with Crippen molar-refractivity contribution in [3.63, 3.8) is 0 Å². The van der Waals surface area contributed by atoms with E-state index in [2.05, 4.69) is 0 Å². The molecule has 258 valence electrons. The molecule has 49 heavy (non-hydrogen) atoms. The van der Waals surface area contributed by atoms with Crippen molar-refractivity contribution in [3.8, 4) is 11.1 Å². The number of amides is 2. The van der Waals surface area contributed by atoms with Crippen LogP contribution in [0.5, 0.6) is 0 Å². The summed E-state index contributed by atoms with van der Waals surface area (Å²) in [5.41, 5.74) is 4.84. The summed E-state index contributed by atoms with van der Waals surface area (Å²) >= 11 is 5.98. The van der Waals surface area contributed by atoms with Gasteiger partial charge in [0, 0.05) is 11.1 Å². The molecule has 1 aromatic heterocycles. The van der Waals surface area contributed by atoms with Gasteiger partial charge in [-0.05, 0) is 47.5 Å². The van der Waals surface area contributed by atoms with Gasteiger partial charge in [0.05, 0.1) is 27.5 Å². The van der Waals surface area contributed by atoms with Crippen LogP contribution < -0.4 is 22.0 Å². The zero-order chi connectivity index (χ0) is 37.0. The van der Waals surface area contributed by atoms with Gasteiger partial charge < -0.3 is 31.9 Å². The molecule has 2 unspecified atom stereocenters. The van der Waals surface area contributed by atoms with Crippen molar-refractivity contribution in [1.29, 1.82) is 0 Å². The Morgan fingerprint density at radius 3 is 1.92 bits per heavy atom. The van der Waals surface area contributed by atoms with Gasteiger partial charge in [0.1, 0.15) is 9.75 Å². The van der Waals surface area contributed by atoms with Crippen molar-refractivity contribution in [3.05, 3.63) is 79.5 Å². The number of carbonyl (C=O) groups is 6. The Labute approximate surface area is 282 Å². The highest BCUT2D eigenvalue weighted by Crippen LogP contribution is 2.57. The Hall–Kier alpha value is -5.35. The molecule has 0 saturated heterocycles. The molecular formula is C27H18ClF3N4O12S2. The van der Waals surface area contributed by atoms with Crippen LogP contribution in [0.25, 0.3) is 11.1 Å². The summed E-state index contributed by atoms with van der Waals surface area (Å²) in [7, 11) is 0. The first-order valence-electron chi connectivity index (χ1n) is 12.7. The number of benzene rings is 2. The molecule has 2 amide bonds. The zero-order valence-electron chi connectivity index (χ0n) is 23.6. The molecule has 0 radical (unpaired) electrons. The average Bonchev–Trinajstić information content (AvgIpc) is 3.64. The van der Waals surface area contributed by atoms with Crippen molar-refractivity contribution >= 4 is 81.8 Å². The molecule has 0 aliphatic carbocycles. The number of anilines is 2. The summed E-state index contributed by atoms with van der Waals surface area (Å²) in [5, 5.41) is 59.4. The van der Waals surface area contributed by atoms with Gasteiger partial charge in [0.2, 0.25) is 10.8 Å². The minimum absolute atomic E-state index is 0.0963. The number of hydrogen-bond acceptors (Lipinski definition) is 12. The van der Waals surface area contributed by atoms with Crippen LogP contribution in [0.4, 0.5) is 24.5 Å². The number of aliphatic carboxylic acids is 2. The average molecular weight is 747 g/mol. The number of halogens is 4. The van der Waals surface area contributed by atoms with E-state index < -0.39 is 105 Å². The van der Waals surface area contributed by atoms with E-state index in [9.17, 15) is 72.8 Å². The summed E-state index contributed by atoms with van der Waals surface area (Å²) in [4.78, 5) is 69.5. The van der Waals surface area contributed by atoms with E-state index in [1.54, 1.807) is 5.48 Å². The number of thioether (sulfide) groups is 1. The lowest BCUT2D eigenvalue weighted by Gasteiger charge is -2.36. The first-order valence-corrected chi connectivity index (χ1v) is 14.7. The highest BCUT2D eigenvalue weighted by atomic mass is 35.5. The summed E-state index contributed by atoms with van der Waals surface area (Å²) in [6.45, 7) is 0. The third-order valence-electron chi connectivity index (χ3n) is 7.03. The van der Waals surface area contributed by atoms with Crippen LogP contribution in [-0.4, -0.2) is 71.4 Å². The third kappa shape index (κ3) is 6.08. The molecule has 0 bridgehead atoms. The number of carboxylic acid groups (broad SMARTS) is 4. The second kappa shape index (κ2) is 12.6. The lowest BCUT2D eigenvalue weighted by Crippen LogP contribution is -2.51. The number of thiophene rings is 1. The molecule has 2 atom stereocenters. The van der Waals surface area contributed by atoms with Crippen LogP contribution >= 0.6 is 34.7 Å². The largest absolute Gasteiger partial charge is 0.480 e. The second-order valence-electron chi connectivity index (χ2n) is 9.89. The lowest BCUT2D eigenvalue weighted by molar-refractivity contribution is -0.140. The topological polar surface area (TPSA) is 291 Å². The number of nitrogens with two attached hydrogens (primary N) is 2. The van der Waals surface area contributed by atoms with E-state index in [1.165, 1.54) is 0 Å². The number of carboxylic acids is 4. The maximum Gasteiger partial charge on any atom is 0.417 e. The fourth-order valence-electron chi connectivity index (χ4n) is 4.89. The first-order chi connectivity index (χ1) is 22.6. The molecule has 1 aliphatic rings. The van der Waals surface area contributed by atoms with Crippen molar-refractivity contribution in [2.75, 3.05) is 10.5 Å². The molecule has 0 spiro atoms. The number of carbonyl (C=O) groups excluding carboxylic acids is 2. The molecule has 2 aromatic carbocycles. The normalized spacial score (nSPS) is 18.6.